The first-order valence-electron chi connectivity index (χ1n) is 4.74. The fraction of sp³-hybridized carbons (Fsp3) is 0.500. The molecular formula is C8H15N5O2S. The van der Waals surface area contributed by atoms with Crippen LogP contribution in [0, 0.1) is 0 Å². The van der Waals surface area contributed by atoms with Crippen molar-refractivity contribution < 1.29 is 9.90 Å². The van der Waals surface area contributed by atoms with Crippen LogP contribution >= 0.6 is 12.8 Å². The van der Waals surface area contributed by atoms with Crippen LogP contribution in [0.25, 0.3) is 0 Å². The van der Waals surface area contributed by atoms with Gasteiger partial charge in [-0.15, -0.1) is 0 Å². The lowest BCUT2D eigenvalue weighted by atomic mass is 10.4. The molecule has 1 aromatic heterocycles. The molecule has 0 spiro atoms. The number of hydrogen-bond acceptors (Lipinski definition) is 5. The maximum atomic E-state index is 11.0. The quantitative estimate of drug-likeness (QED) is 0.363. The van der Waals surface area contributed by atoms with Crippen LogP contribution in [0.4, 0.5) is 4.79 Å². The first-order chi connectivity index (χ1) is 7.61. The number of hydrogen-bond donors (Lipinski definition) is 5. The third-order valence-electron chi connectivity index (χ3n) is 1.86. The van der Waals surface area contributed by atoms with Gasteiger partial charge in [0.05, 0.1) is 6.20 Å². The minimum atomic E-state index is -0.257. The van der Waals surface area contributed by atoms with Crippen molar-refractivity contribution in [3.05, 3.63) is 11.9 Å². The number of amides is 2. The Bertz CT molecular complexity index is 341. The monoisotopic (exact) mass is 245 g/mol. The second kappa shape index (κ2) is 6.23. The number of nitrogens with zero attached hydrogens (tertiary/aromatic N) is 2. The summed E-state index contributed by atoms with van der Waals surface area (Å²) < 4.78 is 1.17. The Hall–Kier alpha value is -1.41. The molecule has 1 rings (SSSR count). The Morgan fingerprint density at radius 1 is 1.69 bits per heavy atom. The highest BCUT2D eigenvalue weighted by Gasteiger charge is 2.04. The minimum absolute atomic E-state index is 0.131. The first-order valence-corrected chi connectivity index (χ1v) is 5.14. The summed E-state index contributed by atoms with van der Waals surface area (Å²) in [5.41, 5.74) is 0.553. The average molecular weight is 245 g/mol. The Balaban J connectivity index is 2.09. The van der Waals surface area contributed by atoms with Crippen molar-refractivity contribution in [3.63, 3.8) is 0 Å². The first kappa shape index (κ1) is 12.7. The molecule has 1 heterocycles. The molecule has 0 bridgehead atoms. The summed E-state index contributed by atoms with van der Waals surface area (Å²) in [6.07, 6.45) is 1.41. The largest absolute Gasteiger partial charge is 0.504 e. The van der Waals surface area contributed by atoms with E-state index in [0.29, 0.717) is 25.3 Å². The van der Waals surface area contributed by atoms with Crippen LogP contribution in [0.3, 0.4) is 0 Å². The number of nitrogens with one attached hydrogen (secondary N) is 3. The molecule has 0 saturated carbocycles. The van der Waals surface area contributed by atoms with Crippen LogP contribution in [0.5, 0.6) is 5.75 Å². The van der Waals surface area contributed by atoms with Crippen molar-refractivity contribution >= 4 is 18.8 Å². The molecule has 0 aliphatic carbocycles. The molecule has 0 unspecified atom stereocenters. The molecule has 0 aliphatic rings. The van der Waals surface area contributed by atoms with Gasteiger partial charge in [0, 0.05) is 26.7 Å². The van der Waals surface area contributed by atoms with E-state index in [9.17, 15) is 9.90 Å². The molecule has 0 radical (unpaired) electrons. The molecule has 0 fully saturated rings. The van der Waals surface area contributed by atoms with Crippen LogP contribution in [0.2, 0.25) is 0 Å². The van der Waals surface area contributed by atoms with Crippen LogP contribution in [-0.4, -0.2) is 45.8 Å². The topological polar surface area (TPSA) is 93.3 Å². The van der Waals surface area contributed by atoms with E-state index in [1.54, 1.807) is 7.05 Å². The number of rotatable bonds is 5. The van der Waals surface area contributed by atoms with E-state index < -0.39 is 0 Å². The van der Waals surface area contributed by atoms with Gasteiger partial charge in [0.1, 0.15) is 5.69 Å². The van der Waals surface area contributed by atoms with Gasteiger partial charge in [-0.25, -0.2) is 4.79 Å². The third kappa shape index (κ3) is 3.99. The maximum Gasteiger partial charge on any atom is 0.326 e. The molecule has 1 aromatic rings. The number of aromatic nitrogens is 2. The molecule has 16 heavy (non-hydrogen) atoms. The molecule has 0 atom stereocenters. The van der Waals surface area contributed by atoms with Crippen molar-refractivity contribution in [1.82, 2.24) is 25.1 Å². The van der Waals surface area contributed by atoms with Crippen molar-refractivity contribution in [1.29, 1.82) is 0 Å². The summed E-state index contributed by atoms with van der Waals surface area (Å²) >= 11 is 3.83. The van der Waals surface area contributed by atoms with Crippen molar-refractivity contribution in [2.75, 3.05) is 20.1 Å². The molecule has 0 aromatic carbocycles. The van der Waals surface area contributed by atoms with E-state index in [1.807, 2.05) is 0 Å². The normalized spacial score (nSPS) is 10.1. The van der Waals surface area contributed by atoms with E-state index in [1.165, 1.54) is 10.5 Å². The number of carbonyl (C=O) groups excluding carboxylic acids is 1. The number of thiol groups is 1. The maximum absolute atomic E-state index is 11.0. The highest BCUT2D eigenvalue weighted by molar-refractivity contribution is 7.78. The summed E-state index contributed by atoms with van der Waals surface area (Å²) in [4.78, 5) is 11.0. The van der Waals surface area contributed by atoms with Crippen LogP contribution in [0.1, 0.15) is 5.69 Å². The minimum Gasteiger partial charge on any atom is -0.504 e. The van der Waals surface area contributed by atoms with E-state index in [4.69, 9.17) is 0 Å². The van der Waals surface area contributed by atoms with Crippen LogP contribution in [0.15, 0.2) is 6.20 Å². The molecular weight excluding hydrogens is 230 g/mol. The molecule has 0 saturated heterocycles. The number of urea groups is 1. The summed E-state index contributed by atoms with van der Waals surface area (Å²) in [5.74, 6) is 0.131. The lowest BCUT2D eigenvalue weighted by Gasteiger charge is -2.10. The Labute approximate surface area is 98.8 Å². The second-order valence-corrected chi connectivity index (χ2v) is 3.75. The summed E-state index contributed by atoms with van der Waals surface area (Å²) in [6.45, 7) is 1.51. The van der Waals surface area contributed by atoms with Crippen molar-refractivity contribution in [3.8, 4) is 5.75 Å². The van der Waals surface area contributed by atoms with Gasteiger partial charge in [0.2, 0.25) is 0 Å². The van der Waals surface area contributed by atoms with Gasteiger partial charge in [-0.2, -0.15) is 5.10 Å². The standard InChI is InChI=1S/C8H15N5O2S/c1-13(16)8(15)10-3-2-9-4-6-7(14)5-11-12-6/h5,9,14,16H,2-4H2,1H3,(H,10,15)(H,11,12). The number of carbonyl (C=O) groups is 1. The Morgan fingerprint density at radius 2 is 2.44 bits per heavy atom. The second-order valence-electron chi connectivity index (χ2n) is 3.15. The number of H-pyrrole nitrogens is 1. The average Bonchev–Trinajstić information content (AvgIpc) is 2.63. The molecule has 2 amide bonds. The van der Waals surface area contributed by atoms with E-state index in [0.717, 1.165) is 0 Å². The van der Waals surface area contributed by atoms with Gasteiger partial charge in [0.25, 0.3) is 0 Å². The fourth-order valence-electron chi connectivity index (χ4n) is 1.02. The highest BCUT2D eigenvalue weighted by atomic mass is 32.1. The van der Waals surface area contributed by atoms with Crippen molar-refractivity contribution in [2.45, 2.75) is 6.54 Å². The zero-order valence-corrected chi connectivity index (χ0v) is 9.79. The SMILES string of the molecule is CN(S)C(=O)NCCNCc1n[nH]cc1O. The zero-order valence-electron chi connectivity index (χ0n) is 8.90. The smallest absolute Gasteiger partial charge is 0.326 e. The van der Waals surface area contributed by atoms with E-state index in [2.05, 4.69) is 33.6 Å². The van der Waals surface area contributed by atoms with Gasteiger partial charge in [-0.05, 0) is 0 Å². The molecule has 4 N–H and O–H groups in total. The van der Waals surface area contributed by atoms with E-state index >= 15 is 0 Å². The zero-order chi connectivity index (χ0) is 12.0. The van der Waals surface area contributed by atoms with Crippen molar-refractivity contribution in [2.24, 2.45) is 0 Å². The van der Waals surface area contributed by atoms with E-state index in [-0.39, 0.29) is 11.8 Å². The van der Waals surface area contributed by atoms with Gasteiger partial charge in [-0.1, -0.05) is 12.8 Å². The Kier molecular flexibility index (Phi) is 4.93. The van der Waals surface area contributed by atoms with Gasteiger partial charge in [-0.3, -0.25) is 9.40 Å². The van der Waals surface area contributed by atoms with Gasteiger partial charge >= 0.3 is 6.03 Å². The Morgan fingerprint density at radius 3 is 3.00 bits per heavy atom. The summed E-state index contributed by atoms with van der Waals surface area (Å²) in [5, 5.41) is 21.3. The van der Waals surface area contributed by atoms with Crippen LogP contribution in [-0.2, 0) is 6.54 Å². The van der Waals surface area contributed by atoms with Gasteiger partial charge < -0.3 is 15.7 Å². The highest BCUT2D eigenvalue weighted by Crippen LogP contribution is 2.10. The summed E-state index contributed by atoms with van der Waals surface area (Å²) in [6, 6.07) is -0.257. The number of aromatic amines is 1. The third-order valence-corrected chi connectivity index (χ3v) is 2.04. The predicted octanol–water partition coefficient (Wildman–Crippen LogP) is -0.309. The predicted molar refractivity (Wildman–Crippen MR) is 62.1 cm³/mol. The number of aromatic hydroxyl groups is 1. The van der Waals surface area contributed by atoms with Crippen LogP contribution < -0.4 is 10.6 Å². The van der Waals surface area contributed by atoms with Gasteiger partial charge in [0.15, 0.2) is 5.75 Å². The lowest BCUT2D eigenvalue weighted by Crippen LogP contribution is -2.36. The molecule has 0 aliphatic heterocycles. The molecule has 8 heteroatoms. The lowest BCUT2D eigenvalue weighted by molar-refractivity contribution is 0.231. The molecule has 90 valence electrons. The fourth-order valence-corrected chi connectivity index (χ4v) is 1.09. The summed E-state index contributed by atoms with van der Waals surface area (Å²) in [7, 11) is 1.55. The molecule has 7 nitrogen and oxygen atoms in total.